The Bertz CT molecular complexity index is 841. The second kappa shape index (κ2) is 7.27. The molecule has 0 fully saturated rings. The number of nitrogens with one attached hydrogen (secondary N) is 2. The van der Waals surface area contributed by atoms with Crippen LogP contribution >= 0.6 is 23.2 Å². The Labute approximate surface area is 143 Å². The Kier molecular flexibility index (Phi) is 5.59. The lowest BCUT2D eigenvalue weighted by atomic mass is 10.2. The standard InChI is InChI=1S/C14H13Cl2N3O3S/c1-23(21,22)18-8-10-7-9(5-6-17-10)14(20)19-12-4-2-3-11(15)13(12)16/h2-7,18H,8H2,1H3,(H,19,20). The molecule has 1 aromatic heterocycles. The van der Waals surface area contributed by atoms with Gasteiger partial charge in [-0.3, -0.25) is 9.78 Å². The van der Waals surface area contributed by atoms with Gasteiger partial charge in [0, 0.05) is 11.8 Å². The van der Waals surface area contributed by atoms with Gasteiger partial charge >= 0.3 is 0 Å². The zero-order chi connectivity index (χ0) is 17.0. The van der Waals surface area contributed by atoms with Crippen LogP contribution in [0.3, 0.4) is 0 Å². The third-order valence-corrected chi connectivity index (χ3v) is 4.28. The first-order valence-electron chi connectivity index (χ1n) is 6.41. The molecule has 6 nitrogen and oxygen atoms in total. The van der Waals surface area contributed by atoms with E-state index in [-0.39, 0.29) is 11.6 Å². The maximum atomic E-state index is 12.3. The summed E-state index contributed by atoms with van der Waals surface area (Å²) < 4.78 is 24.5. The average Bonchev–Trinajstić information content (AvgIpc) is 2.49. The molecule has 1 heterocycles. The van der Waals surface area contributed by atoms with Crippen molar-refractivity contribution in [1.29, 1.82) is 0 Å². The number of carbonyl (C=O) groups is 1. The predicted molar refractivity (Wildman–Crippen MR) is 90.3 cm³/mol. The van der Waals surface area contributed by atoms with Crippen LogP contribution in [0.15, 0.2) is 36.5 Å². The van der Waals surface area contributed by atoms with E-state index in [4.69, 9.17) is 23.2 Å². The molecule has 0 aliphatic rings. The molecule has 2 N–H and O–H groups in total. The summed E-state index contributed by atoms with van der Waals surface area (Å²) in [6.07, 6.45) is 2.47. The van der Waals surface area contributed by atoms with Crippen molar-refractivity contribution in [3.05, 3.63) is 57.8 Å². The highest BCUT2D eigenvalue weighted by molar-refractivity contribution is 7.88. The number of nitrogens with zero attached hydrogens (tertiary/aromatic N) is 1. The molecule has 23 heavy (non-hydrogen) atoms. The summed E-state index contributed by atoms with van der Waals surface area (Å²) >= 11 is 11.9. The summed E-state index contributed by atoms with van der Waals surface area (Å²) in [6.45, 7) is -0.00211. The number of sulfonamides is 1. The smallest absolute Gasteiger partial charge is 0.255 e. The minimum absolute atomic E-state index is 0.00211. The molecule has 0 spiro atoms. The summed E-state index contributed by atoms with van der Waals surface area (Å²) in [5.41, 5.74) is 1.12. The molecule has 0 radical (unpaired) electrons. The SMILES string of the molecule is CS(=O)(=O)NCc1cc(C(=O)Nc2cccc(Cl)c2Cl)ccn1. The number of rotatable bonds is 5. The van der Waals surface area contributed by atoms with Crippen molar-refractivity contribution in [3.63, 3.8) is 0 Å². The third-order valence-electron chi connectivity index (χ3n) is 2.79. The fraction of sp³-hybridized carbons (Fsp3) is 0.143. The van der Waals surface area contributed by atoms with Crippen molar-refractivity contribution in [3.8, 4) is 0 Å². The van der Waals surface area contributed by atoms with Crippen molar-refractivity contribution < 1.29 is 13.2 Å². The number of hydrogen-bond acceptors (Lipinski definition) is 4. The van der Waals surface area contributed by atoms with Crippen molar-refractivity contribution in [2.45, 2.75) is 6.54 Å². The summed E-state index contributed by atoms with van der Waals surface area (Å²) in [5, 5.41) is 3.22. The van der Waals surface area contributed by atoms with Crippen LogP contribution < -0.4 is 10.0 Å². The van der Waals surface area contributed by atoms with E-state index >= 15 is 0 Å². The minimum atomic E-state index is -3.34. The van der Waals surface area contributed by atoms with Crippen LogP contribution in [0.2, 0.25) is 10.0 Å². The molecule has 1 amide bonds. The van der Waals surface area contributed by atoms with Gasteiger partial charge in [-0.05, 0) is 24.3 Å². The highest BCUT2D eigenvalue weighted by Gasteiger charge is 2.11. The second-order valence-electron chi connectivity index (χ2n) is 4.68. The largest absolute Gasteiger partial charge is 0.321 e. The Hall–Kier alpha value is -1.67. The third kappa shape index (κ3) is 5.18. The zero-order valence-corrected chi connectivity index (χ0v) is 14.3. The highest BCUT2D eigenvalue weighted by Crippen LogP contribution is 2.29. The van der Waals surface area contributed by atoms with Crippen LogP contribution in [0, 0.1) is 0 Å². The molecule has 9 heteroatoms. The molecule has 0 aliphatic carbocycles. The molecule has 0 saturated heterocycles. The summed E-state index contributed by atoms with van der Waals surface area (Å²) in [4.78, 5) is 16.3. The highest BCUT2D eigenvalue weighted by atomic mass is 35.5. The van der Waals surface area contributed by atoms with Gasteiger partial charge in [-0.25, -0.2) is 13.1 Å². The lowest BCUT2D eigenvalue weighted by Gasteiger charge is -2.09. The van der Waals surface area contributed by atoms with E-state index < -0.39 is 15.9 Å². The first-order valence-corrected chi connectivity index (χ1v) is 9.06. The number of benzene rings is 1. The number of amides is 1. The maximum absolute atomic E-state index is 12.3. The molecule has 0 atom stereocenters. The number of pyridine rings is 1. The van der Waals surface area contributed by atoms with Gasteiger partial charge in [0.15, 0.2) is 0 Å². The minimum Gasteiger partial charge on any atom is -0.321 e. The van der Waals surface area contributed by atoms with E-state index in [1.807, 2.05) is 0 Å². The fourth-order valence-electron chi connectivity index (χ4n) is 1.72. The van der Waals surface area contributed by atoms with E-state index in [1.54, 1.807) is 18.2 Å². The first-order chi connectivity index (χ1) is 10.8. The first kappa shape index (κ1) is 17.7. The summed E-state index contributed by atoms with van der Waals surface area (Å²) in [5.74, 6) is -0.405. The number of hydrogen-bond donors (Lipinski definition) is 2. The topological polar surface area (TPSA) is 88.2 Å². The Morgan fingerprint density at radius 2 is 2.00 bits per heavy atom. The molecule has 0 bridgehead atoms. The molecular weight excluding hydrogens is 361 g/mol. The monoisotopic (exact) mass is 373 g/mol. The molecule has 0 aliphatic heterocycles. The number of anilines is 1. The molecule has 0 unspecified atom stereocenters. The number of aromatic nitrogens is 1. The molecular formula is C14H13Cl2N3O3S. The van der Waals surface area contributed by atoms with E-state index in [9.17, 15) is 13.2 Å². The van der Waals surface area contributed by atoms with E-state index in [0.717, 1.165) is 6.26 Å². The van der Waals surface area contributed by atoms with Crippen molar-refractivity contribution in [2.75, 3.05) is 11.6 Å². The molecule has 122 valence electrons. The predicted octanol–water partition coefficient (Wildman–Crippen LogP) is 2.69. The number of halogens is 2. The second-order valence-corrected chi connectivity index (χ2v) is 7.30. The normalized spacial score (nSPS) is 11.3. The van der Waals surface area contributed by atoms with Gasteiger partial charge in [-0.2, -0.15) is 0 Å². The molecule has 1 aromatic carbocycles. The van der Waals surface area contributed by atoms with E-state index in [2.05, 4.69) is 15.0 Å². The fourth-order valence-corrected chi connectivity index (χ4v) is 2.47. The lowest BCUT2D eigenvalue weighted by Crippen LogP contribution is -2.22. The summed E-state index contributed by atoms with van der Waals surface area (Å²) in [6, 6.07) is 7.90. The van der Waals surface area contributed by atoms with Gasteiger partial charge < -0.3 is 5.32 Å². The number of carbonyl (C=O) groups excluding carboxylic acids is 1. The molecule has 2 rings (SSSR count). The van der Waals surface area contributed by atoms with Crippen LogP contribution in [-0.2, 0) is 16.6 Å². The van der Waals surface area contributed by atoms with Crippen LogP contribution in [0.1, 0.15) is 16.1 Å². The quantitative estimate of drug-likeness (QED) is 0.842. The summed E-state index contributed by atoms with van der Waals surface area (Å²) in [7, 11) is -3.34. The van der Waals surface area contributed by atoms with Crippen LogP contribution in [0.25, 0.3) is 0 Å². The van der Waals surface area contributed by atoms with E-state index in [0.29, 0.717) is 22.0 Å². The van der Waals surface area contributed by atoms with Gasteiger partial charge in [-0.1, -0.05) is 29.3 Å². The van der Waals surface area contributed by atoms with E-state index in [1.165, 1.54) is 18.3 Å². The van der Waals surface area contributed by atoms with Crippen molar-refractivity contribution in [1.82, 2.24) is 9.71 Å². The average molecular weight is 374 g/mol. The molecule has 2 aromatic rings. The van der Waals surface area contributed by atoms with Crippen molar-refractivity contribution >= 4 is 44.8 Å². The van der Waals surface area contributed by atoms with Gasteiger partial charge in [-0.15, -0.1) is 0 Å². The van der Waals surface area contributed by atoms with Gasteiger partial charge in [0.25, 0.3) is 5.91 Å². The van der Waals surface area contributed by atoms with Gasteiger partial charge in [0.2, 0.25) is 10.0 Å². The van der Waals surface area contributed by atoms with Gasteiger partial charge in [0.1, 0.15) is 0 Å². The molecule has 0 saturated carbocycles. The Balaban J connectivity index is 2.15. The van der Waals surface area contributed by atoms with Gasteiger partial charge in [0.05, 0.1) is 34.2 Å². The lowest BCUT2D eigenvalue weighted by molar-refractivity contribution is 0.102. The van der Waals surface area contributed by atoms with Crippen LogP contribution in [-0.4, -0.2) is 25.6 Å². The Morgan fingerprint density at radius 3 is 2.70 bits per heavy atom. The van der Waals surface area contributed by atoms with Crippen molar-refractivity contribution in [2.24, 2.45) is 0 Å². The Morgan fingerprint density at radius 1 is 1.26 bits per heavy atom. The maximum Gasteiger partial charge on any atom is 0.255 e. The zero-order valence-electron chi connectivity index (χ0n) is 12.0. The van der Waals surface area contributed by atoms with Crippen LogP contribution in [0.4, 0.5) is 5.69 Å². The van der Waals surface area contributed by atoms with Crippen LogP contribution in [0.5, 0.6) is 0 Å².